The Labute approximate surface area is 131 Å². The van der Waals surface area contributed by atoms with Crippen LogP contribution in [0.4, 0.5) is 0 Å². The van der Waals surface area contributed by atoms with E-state index in [4.69, 9.17) is 4.74 Å². The molecule has 0 N–H and O–H groups in total. The molecule has 21 heavy (non-hydrogen) atoms. The molecule has 2 nitrogen and oxygen atoms in total. The lowest BCUT2D eigenvalue weighted by Gasteiger charge is -2.05. The van der Waals surface area contributed by atoms with Crippen molar-refractivity contribution in [2.24, 2.45) is 0 Å². The van der Waals surface area contributed by atoms with Gasteiger partial charge in [0.25, 0.3) is 0 Å². The quantitative estimate of drug-likeness (QED) is 0.783. The van der Waals surface area contributed by atoms with Crippen LogP contribution in [0.15, 0.2) is 64.4 Å². The van der Waals surface area contributed by atoms with E-state index in [0.29, 0.717) is 0 Å². The van der Waals surface area contributed by atoms with Crippen LogP contribution in [0, 0.1) is 0 Å². The molecular weight excluding hydrogens is 278 g/mol. The van der Waals surface area contributed by atoms with Crippen molar-refractivity contribution >= 4 is 17.8 Å². The molecule has 3 heteroatoms. The second-order valence-corrected chi connectivity index (χ2v) is 6.16. The Bertz CT molecular complexity index is 573. The van der Waals surface area contributed by atoms with Crippen molar-refractivity contribution in [1.29, 1.82) is 0 Å². The van der Waals surface area contributed by atoms with Crippen molar-refractivity contribution in [2.75, 3.05) is 27.7 Å². The number of methoxy groups -OCH3 is 1. The Balaban J connectivity index is 1.96. The van der Waals surface area contributed by atoms with Crippen molar-refractivity contribution < 1.29 is 4.74 Å². The predicted octanol–water partition coefficient (Wildman–Crippen LogP) is 4.42. The molecule has 0 heterocycles. The minimum absolute atomic E-state index is 0.890. The molecule has 0 aromatic heterocycles. The number of rotatable bonds is 6. The van der Waals surface area contributed by atoms with Crippen LogP contribution in [0.2, 0.25) is 0 Å². The zero-order valence-electron chi connectivity index (χ0n) is 12.7. The summed E-state index contributed by atoms with van der Waals surface area (Å²) in [4.78, 5) is 4.60. The Hall–Kier alpha value is -1.71. The lowest BCUT2D eigenvalue weighted by Crippen LogP contribution is -2.10. The van der Waals surface area contributed by atoms with Gasteiger partial charge in [-0.2, -0.15) is 0 Å². The smallest absolute Gasteiger partial charge is 0.118 e. The van der Waals surface area contributed by atoms with Crippen LogP contribution < -0.4 is 4.74 Å². The highest BCUT2D eigenvalue weighted by atomic mass is 32.2. The zero-order chi connectivity index (χ0) is 15.1. The highest BCUT2D eigenvalue weighted by Gasteiger charge is 1.98. The predicted molar refractivity (Wildman–Crippen MR) is 91.1 cm³/mol. The van der Waals surface area contributed by atoms with Gasteiger partial charge in [0.05, 0.1) is 7.11 Å². The van der Waals surface area contributed by atoms with Crippen LogP contribution in [0.3, 0.4) is 0 Å². The Morgan fingerprint density at radius 3 is 2.05 bits per heavy atom. The number of likely N-dealkylation sites (N-methyl/N-ethyl adjacent to an activating group) is 1. The number of hydrogen-bond acceptors (Lipinski definition) is 3. The first kappa shape index (κ1) is 15.7. The van der Waals surface area contributed by atoms with Gasteiger partial charge in [-0.1, -0.05) is 36.0 Å². The first-order valence-corrected chi connectivity index (χ1v) is 7.72. The topological polar surface area (TPSA) is 12.5 Å². The van der Waals surface area contributed by atoms with Crippen LogP contribution >= 0.6 is 11.8 Å². The molecule has 2 rings (SSSR count). The molecule has 0 radical (unpaired) electrons. The van der Waals surface area contributed by atoms with Crippen molar-refractivity contribution in [3.63, 3.8) is 0 Å². The molecule has 0 aliphatic rings. The molecule has 0 atom stereocenters. The van der Waals surface area contributed by atoms with E-state index in [9.17, 15) is 0 Å². The van der Waals surface area contributed by atoms with Gasteiger partial charge >= 0.3 is 0 Å². The van der Waals surface area contributed by atoms with Gasteiger partial charge in [0.2, 0.25) is 0 Å². The first-order chi connectivity index (χ1) is 10.2. The summed E-state index contributed by atoms with van der Waals surface area (Å²) in [5, 5.41) is 0. The average molecular weight is 299 g/mol. The molecule has 0 saturated heterocycles. The van der Waals surface area contributed by atoms with Crippen molar-refractivity contribution in [3.05, 3.63) is 60.2 Å². The number of hydrogen-bond donors (Lipinski definition) is 0. The largest absolute Gasteiger partial charge is 0.497 e. The third-order valence-electron chi connectivity index (χ3n) is 2.96. The minimum Gasteiger partial charge on any atom is -0.497 e. The molecule has 0 spiro atoms. The molecule has 0 amide bonds. The number of benzene rings is 2. The van der Waals surface area contributed by atoms with E-state index in [1.54, 1.807) is 18.9 Å². The Morgan fingerprint density at radius 2 is 1.52 bits per heavy atom. The van der Waals surface area contributed by atoms with Gasteiger partial charge in [0, 0.05) is 16.3 Å². The highest BCUT2D eigenvalue weighted by molar-refractivity contribution is 7.99. The summed E-state index contributed by atoms with van der Waals surface area (Å²) in [6.07, 6.45) is 4.33. The molecule has 2 aromatic carbocycles. The lowest BCUT2D eigenvalue weighted by molar-refractivity contribution is 0.414. The Kier molecular flexibility index (Phi) is 5.90. The van der Waals surface area contributed by atoms with Crippen LogP contribution in [0.1, 0.15) is 5.56 Å². The fourth-order valence-electron chi connectivity index (χ4n) is 1.83. The molecule has 0 unspecified atom stereocenters. The molecule has 0 bridgehead atoms. The third kappa shape index (κ3) is 5.29. The minimum atomic E-state index is 0.890. The van der Waals surface area contributed by atoms with Gasteiger partial charge in [0.15, 0.2) is 0 Å². The fourth-order valence-corrected chi connectivity index (χ4v) is 2.64. The SMILES string of the molecule is COc1ccc(Sc2ccc(C=CCN(C)C)cc2)cc1. The van der Waals surface area contributed by atoms with Crippen LogP contribution in [0.5, 0.6) is 5.75 Å². The summed E-state index contributed by atoms with van der Waals surface area (Å²) in [5.41, 5.74) is 1.23. The number of nitrogens with zero attached hydrogens (tertiary/aromatic N) is 1. The maximum Gasteiger partial charge on any atom is 0.118 e. The van der Waals surface area contributed by atoms with E-state index in [0.717, 1.165) is 12.3 Å². The van der Waals surface area contributed by atoms with Gasteiger partial charge in [-0.15, -0.1) is 0 Å². The first-order valence-electron chi connectivity index (χ1n) is 6.90. The second kappa shape index (κ2) is 7.91. The summed E-state index contributed by atoms with van der Waals surface area (Å²) < 4.78 is 5.17. The second-order valence-electron chi connectivity index (χ2n) is 5.01. The van der Waals surface area contributed by atoms with Crippen LogP contribution in [-0.4, -0.2) is 32.6 Å². The maximum absolute atomic E-state index is 5.17. The number of ether oxygens (including phenoxy) is 1. The van der Waals surface area contributed by atoms with Gasteiger partial charge in [0.1, 0.15) is 5.75 Å². The van der Waals surface area contributed by atoms with Crippen LogP contribution in [0.25, 0.3) is 6.08 Å². The highest BCUT2D eigenvalue weighted by Crippen LogP contribution is 2.29. The molecule has 0 fully saturated rings. The van der Waals surface area contributed by atoms with Crippen molar-refractivity contribution in [3.8, 4) is 5.75 Å². The molecular formula is C18H21NOS. The van der Waals surface area contributed by atoms with Gasteiger partial charge in [-0.05, 0) is 56.1 Å². The summed E-state index contributed by atoms with van der Waals surface area (Å²) in [6, 6.07) is 16.7. The van der Waals surface area contributed by atoms with E-state index in [2.05, 4.69) is 67.5 Å². The standard InChI is InChI=1S/C18H21NOS/c1-19(2)14-4-5-15-6-10-17(11-7-15)21-18-12-8-16(20-3)9-13-18/h4-13H,14H2,1-3H3. The molecule has 2 aromatic rings. The summed E-state index contributed by atoms with van der Waals surface area (Å²) in [7, 11) is 5.82. The van der Waals surface area contributed by atoms with E-state index < -0.39 is 0 Å². The third-order valence-corrected chi connectivity index (χ3v) is 3.97. The molecule has 0 aliphatic carbocycles. The van der Waals surface area contributed by atoms with E-state index in [1.165, 1.54) is 15.4 Å². The van der Waals surface area contributed by atoms with Crippen molar-refractivity contribution in [1.82, 2.24) is 4.90 Å². The van der Waals surface area contributed by atoms with Crippen molar-refractivity contribution in [2.45, 2.75) is 9.79 Å². The fraction of sp³-hybridized carbons (Fsp3) is 0.222. The molecule has 110 valence electrons. The molecule has 0 saturated carbocycles. The summed E-state index contributed by atoms with van der Waals surface area (Å²) >= 11 is 1.76. The van der Waals surface area contributed by atoms with E-state index in [1.807, 2.05) is 12.1 Å². The Morgan fingerprint density at radius 1 is 0.952 bits per heavy atom. The van der Waals surface area contributed by atoms with Gasteiger partial charge in [-0.3, -0.25) is 0 Å². The maximum atomic E-state index is 5.17. The monoisotopic (exact) mass is 299 g/mol. The zero-order valence-corrected chi connectivity index (χ0v) is 13.6. The van der Waals surface area contributed by atoms with E-state index >= 15 is 0 Å². The van der Waals surface area contributed by atoms with Crippen LogP contribution in [-0.2, 0) is 0 Å². The van der Waals surface area contributed by atoms with Gasteiger partial charge < -0.3 is 9.64 Å². The summed E-state index contributed by atoms with van der Waals surface area (Å²) in [5.74, 6) is 0.890. The van der Waals surface area contributed by atoms with Gasteiger partial charge in [-0.25, -0.2) is 0 Å². The lowest BCUT2D eigenvalue weighted by atomic mass is 10.2. The van der Waals surface area contributed by atoms with E-state index in [-0.39, 0.29) is 0 Å². The normalized spacial score (nSPS) is 11.2. The average Bonchev–Trinajstić information content (AvgIpc) is 2.49. The molecule has 0 aliphatic heterocycles. The summed E-state index contributed by atoms with van der Waals surface area (Å²) in [6.45, 7) is 0.961.